The van der Waals surface area contributed by atoms with Crippen LogP contribution in [0.25, 0.3) is 0 Å². The van der Waals surface area contributed by atoms with Crippen LogP contribution in [0.5, 0.6) is 5.75 Å². The highest BCUT2D eigenvalue weighted by Crippen LogP contribution is 2.34. The molecule has 3 rings (SSSR count). The maximum absolute atomic E-state index is 12.3. The first-order valence-electron chi connectivity index (χ1n) is 12.2. The Morgan fingerprint density at radius 2 is 1.42 bits per heavy atom. The fourth-order valence-electron chi connectivity index (χ4n) is 4.73. The normalized spacial score (nSPS) is 18.6. The van der Waals surface area contributed by atoms with Crippen molar-refractivity contribution in [1.29, 1.82) is 0 Å². The lowest BCUT2D eigenvalue weighted by Crippen LogP contribution is -2.14. The molecule has 168 valence electrons. The Balaban J connectivity index is 1.32. The molecule has 3 heteroatoms. The number of halogens is 1. The maximum Gasteiger partial charge on any atom is 0.343 e. The van der Waals surface area contributed by atoms with Crippen LogP contribution in [0.3, 0.4) is 0 Å². The number of rotatable bonds is 11. The lowest BCUT2D eigenvalue weighted by molar-refractivity contribution is 0.0735. The molecule has 2 aromatic rings. The molecule has 0 spiro atoms. The largest absolute Gasteiger partial charge is 0.423 e. The molecule has 0 N–H and O–H groups in total. The predicted octanol–water partition coefficient (Wildman–Crippen LogP) is 8.66. The summed E-state index contributed by atoms with van der Waals surface area (Å²) in [6.45, 7) is 2.29. The second-order valence-electron chi connectivity index (χ2n) is 9.17. The highest BCUT2D eigenvalue weighted by molar-refractivity contribution is 6.30. The number of aryl methyl sites for hydroxylation is 1. The van der Waals surface area contributed by atoms with E-state index in [0.717, 1.165) is 18.3 Å². The molecule has 0 saturated heterocycles. The summed E-state index contributed by atoms with van der Waals surface area (Å²) in [6.07, 6.45) is 16.5. The Kier molecular flexibility index (Phi) is 9.93. The minimum Gasteiger partial charge on any atom is -0.423 e. The Morgan fingerprint density at radius 3 is 2.00 bits per heavy atom. The zero-order valence-corrected chi connectivity index (χ0v) is 19.7. The second-order valence-corrected chi connectivity index (χ2v) is 9.61. The second kappa shape index (κ2) is 12.9. The Labute approximate surface area is 193 Å². The van der Waals surface area contributed by atoms with Crippen LogP contribution in [-0.2, 0) is 6.42 Å². The first-order valence-corrected chi connectivity index (χ1v) is 12.6. The number of ether oxygens (including phenoxy) is 1. The molecule has 0 bridgehead atoms. The molecule has 0 amide bonds. The number of carbonyl (C=O) groups excluding carboxylic acids is 1. The molecule has 1 aliphatic carbocycles. The van der Waals surface area contributed by atoms with Gasteiger partial charge in [0, 0.05) is 5.02 Å². The molecule has 0 aromatic heterocycles. The molecule has 1 fully saturated rings. The van der Waals surface area contributed by atoms with Gasteiger partial charge in [-0.15, -0.1) is 0 Å². The van der Waals surface area contributed by atoms with E-state index in [4.69, 9.17) is 16.3 Å². The van der Waals surface area contributed by atoms with Crippen LogP contribution in [0.15, 0.2) is 48.5 Å². The van der Waals surface area contributed by atoms with Gasteiger partial charge in [0.25, 0.3) is 0 Å². The monoisotopic (exact) mass is 440 g/mol. The number of unbranched alkanes of at least 4 members (excludes halogenated alkanes) is 3. The summed E-state index contributed by atoms with van der Waals surface area (Å²) in [4.78, 5) is 12.3. The summed E-state index contributed by atoms with van der Waals surface area (Å²) in [6, 6.07) is 14.7. The molecule has 1 aliphatic rings. The Morgan fingerprint density at radius 1 is 0.839 bits per heavy atom. The highest BCUT2D eigenvalue weighted by Gasteiger charge is 2.20. The van der Waals surface area contributed by atoms with Crippen molar-refractivity contribution in [2.24, 2.45) is 11.8 Å². The molecule has 0 heterocycles. The number of hydrogen-bond donors (Lipinski definition) is 0. The highest BCUT2D eigenvalue weighted by atomic mass is 35.5. The minimum atomic E-state index is -0.334. The van der Waals surface area contributed by atoms with Crippen molar-refractivity contribution in [2.45, 2.75) is 84.0 Å². The van der Waals surface area contributed by atoms with Gasteiger partial charge in [0.15, 0.2) is 0 Å². The van der Waals surface area contributed by atoms with E-state index in [1.807, 2.05) is 12.1 Å². The lowest BCUT2D eigenvalue weighted by atomic mass is 9.78. The maximum atomic E-state index is 12.3. The van der Waals surface area contributed by atoms with E-state index in [1.54, 1.807) is 24.3 Å². The fraction of sp³-hybridized carbons (Fsp3) is 0.536. The van der Waals surface area contributed by atoms with E-state index < -0.39 is 0 Å². The van der Waals surface area contributed by atoms with Crippen molar-refractivity contribution < 1.29 is 9.53 Å². The quantitative estimate of drug-likeness (QED) is 0.198. The number of carbonyl (C=O) groups is 1. The molecule has 2 aromatic carbocycles. The van der Waals surface area contributed by atoms with Gasteiger partial charge >= 0.3 is 5.97 Å². The molecule has 0 atom stereocenters. The van der Waals surface area contributed by atoms with Crippen LogP contribution in [0.4, 0.5) is 0 Å². The SMILES string of the molecule is CCCCCC1CCC(CCCCc2ccc(C(=O)Oc3ccc(Cl)cc3)cc2)CC1. The van der Waals surface area contributed by atoms with Crippen LogP contribution in [0, 0.1) is 11.8 Å². The molecule has 0 radical (unpaired) electrons. The third kappa shape index (κ3) is 8.33. The number of esters is 1. The minimum absolute atomic E-state index is 0.334. The summed E-state index contributed by atoms with van der Waals surface area (Å²) < 4.78 is 5.40. The molecule has 2 nitrogen and oxygen atoms in total. The average Bonchev–Trinajstić information content (AvgIpc) is 2.80. The third-order valence-corrected chi connectivity index (χ3v) is 6.98. The van der Waals surface area contributed by atoms with Gasteiger partial charge in [0.2, 0.25) is 0 Å². The molecule has 0 unspecified atom stereocenters. The molecule has 1 saturated carbocycles. The molecular formula is C28H37ClO2. The van der Waals surface area contributed by atoms with Crippen molar-refractivity contribution in [3.05, 3.63) is 64.7 Å². The van der Waals surface area contributed by atoms with Crippen molar-refractivity contribution >= 4 is 17.6 Å². The summed E-state index contributed by atoms with van der Waals surface area (Å²) in [5, 5.41) is 0.624. The van der Waals surface area contributed by atoms with Gasteiger partial charge in [0.1, 0.15) is 5.75 Å². The summed E-state index contributed by atoms with van der Waals surface area (Å²) >= 11 is 5.87. The van der Waals surface area contributed by atoms with Crippen molar-refractivity contribution in [3.63, 3.8) is 0 Å². The average molecular weight is 441 g/mol. The Bertz CT molecular complexity index is 774. The van der Waals surface area contributed by atoms with E-state index in [-0.39, 0.29) is 5.97 Å². The van der Waals surface area contributed by atoms with E-state index >= 15 is 0 Å². The summed E-state index contributed by atoms with van der Waals surface area (Å²) in [7, 11) is 0. The first-order chi connectivity index (χ1) is 15.1. The van der Waals surface area contributed by atoms with E-state index in [1.165, 1.54) is 76.2 Å². The van der Waals surface area contributed by atoms with E-state index in [0.29, 0.717) is 16.3 Å². The standard InChI is InChI=1S/C28H37ClO2/c1-2-3-4-7-22-10-12-23(13-11-22)8-5-6-9-24-14-16-25(17-15-24)28(30)31-27-20-18-26(29)19-21-27/h14-23H,2-13H2,1H3. The van der Waals surface area contributed by atoms with Crippen LogP contribution in [0.2, 0.25) is 5.02 Å². The van der Waals surface area contributed by atoms with Gasteiger partial charge in [-0.05, 0) is 66.6 Å². The first kappa shape index (κ1) is 23.9. The molecule has 31 heavy (non-hydrogen) atoms. The molecule has 0 aliphatic heterocycles. The number of hydrogen-bond acceptors (Lipinski definition) is 2. The van der Waals surface area contributed by atoms with Crippen molar-refractivity contribution in [1.82, 2.24) is 0 Å². The zero-order valence-electron chi connectivity index (χ0n) is 19.0. The van der Waals surface area contributed by atoms with Gasteiger partial charge < -0.3 is 4.74 Å². The van der Waals surface area contributed by atoms with E-state index in [9.17, 15) is 4.79 Å². The van der Waals surface area contributed by atoms with Gasteiger partial charge in [-0.1, -0.05) is 94.9 Å². The summed E-state index contributed by atoms with van der Waals surface area (Å²) in [5.74, 6) is 2.13. The van der Waals surface area contributed by atoms with Crippen molar-refractivity contribution in [2.75, 3.05) is 0 Å². The summed E-state index contributed by atoms with van der Waals surface area (Å²) in [5.41, 5.74) is 1.87. The number of benzene rings is 2. The van der Waals surface area contributed by atoms with Crippen molar-refractivity contribution in [3.8, 4) is 5.75 Å². The topological polar surface area (TPSA) is 26.3 Å². The predicted molar refractivity (Wildman–Crippen MR) is 130 cm³/mol. The fourth-order valence-corrected chi connectivity index (χ4v) is 4.86. The molecular weight excluding hydrogens is 404 g/mol. The van der Waals surface area contributed by atoms with E-state index in [2.05, 4.69) is 19.1 Å². The lowest BCUT2D eigenvalue weighted by Gasteiger charge is -2.28. The van der Waals surface area contributed by atoms with Crippen LogP contribution >= 0.6 is 11.6 Å². The van der Waals surface area contributed by atoms with Gasteiger partial charge in [-0.3, -0.25) is 0 Å². The van der Waals surface area contributed by atoms with Crippen LogP contribution < -0.4 is 4.74 Å². The third-order valence-electron chi connectivity index (χ3n) is 6.72. The Hall–Kier alpha value is -1.80. The zero-order chi connectivity index (χ0) is 21.9. The van der Waals surface area contributed by atoms with Gasteiger partial charge in [-0.2, -0.15) is 0 Å². The van der Waals surface area contributed by atoms with Gasteiger partial charge in [-0.25, -0.2) is 4.79 Å². The smallest absolute Gasteiger partial charge is 0.343 e. The van der Waals surface area contributed by atoms with Crippen LogP contribution in [0.1, 0.15) is 93.5 Å². The van der Waals surface area contributed by atoms with Crippen LogP contribution in [-0.4, -0.2) is 5.97 Å². The van der Waals surface area contributed by atoms with Gasteiger partial charge in [0.05, 0.1) is 5.56 Å².